The summed E-state index contributed by atoms with van der Waals surface area (Å²) in [6.07, 6.45) is 5.06. The van der Waals surface area contributed by atoms with Gasteiger partial charge in [0.25, 0.3) is 0 Å². The summed E-state index contributed by atoms with van der Waals surface area (Å²) in [6, 6.07) is 13.3. The van der Waals surface area contributed by atoms with E-state index >= 15 is 0 Å². The highest BCUT2D eigenvalue weighted by molar-refractivity contribution is 6.02. The third-order valence-corrected chi connectivity index (χ3v) is 4.57. The van der Waals surface area contributed by atoms with Crippen LogP contribution in [0.3, 0.4) is 0 Å². The molecule has 1 N–H and O–H groups in total. The quantitative estimate of drug-likeness (QED) is 0.637. The minimum Gasteiger partial charge on any atom is -0.349 e. The Morgan fingerprint density at radius 3 is 2.40 bits per heavy atom. The molecule has 3 rings (SSSR count). The first-order valence-corrected chi connectivity index (χ1v) is 9.39. The summed E-state index contributed by atoms with van der Waals surface area (Å²) in [5, 5.41) is 7.02. The van der Waals surface area contributed by atoms with Crippen molar-refractivity contribution in [3.63, 3.8) is 0 Å². The van der Waals surface area contributed by atoms with E-state index in [-0.39, 0.29) is 17.6 Å². The van der Waals surface area contributed by atoms with Crippen molar-refractivity contribution in [2.24, 2.45) is 7.05 Å². The highest BCUT2D eigenvalue weighted by atomic mass is 19.1. The minimum atomic E-state index is -0.311. The van der Waals surface area contributed by atoms with Gasteiger partial charge in [0.1, 0.15) is 5.82 Å². The van der Waals surface area contributed by atoms with Crippen LogP contribution in [0.15, 0.2) is 60.8 Å². The molecule has 7 heteroatoms. The summed E-state index contributed by atoms with van der Waals surface area (Å²) < 4.78 is 14.9. The van der Waals surface area contributed by atoms with Crippen LogP contribution < -0.4 is 5.32 Å². The van der Waals surface area contributed by atoms with Crippen LogP contribution in [0, 0.1) is 5.82 Å². The molecule has 6 nitrogen and oxygen atoms in total. The molecule has 1 heterocycles. The maximum Gasteiger partial charge on any atom is 0.248 e. The van der Waals surface area contributed by atoms with E-state index in [9.17, 15) is 14.0 Å². The Morgan fingerprint density at radius 2 is 1.77 bits per heavy atom. The van der Waals surface area contributed by atoms with Crippen molar-refractivity contribution in [2.45, 2.75) is 6.42 Å². The van der Waals surface area contributed by atoms with Gasteiger partial charge in [-0.2, -0.15) is 5.10 Å². The Hall–Kier alpha value is -3.74. The first-order chi connectivity index (χ1) is 14.3. The van der Waals surface area contributed by atoms with Crippen molar-refractivity contribution in [2.75, 3.05) is 19.4 Å². The maximum absolute atomic E-state index is 13.2. The zero-order valence-electron chi connectivity index (χ0n) is 17.1. The second-order valence-corrected chi connectivity index (χ2v) is 7.06. The molecule has 0 bridgehead atoms. The number of amides is 2. The zero-order valence-corrected chi connectivity index (χ0v) is 17.1. The van der Waals surface area contributed by atoms with E-state index in [0.717, 1.165) is 22.4 Å². The van der Waals surface area contributed by atoms with Crippen LogP contribution in [-0.2, 0) is 23.1 Å². The third-order valence-electron chi connectivity index (χ3n) is 4.57. The lowest BCUT2D eigenvalue weighted by Crippen LogP contribution is -2.23. The summed E-state index contributed by atoms with van der Waals surface area (Å²) in [5.74, 6) is -0.585. The fraction of sp³-hybridized carbons (Fsp3) is 0.174. The van der Waals surface area contributed by atoms with Gasteiger partial charge in [0.15, 0.2) is 0 Å². The molecule has 154 valence electrons. The molecule has 0 saturated heterocycles. The lowest BCUT2D eigenvalue weighted by molar-refractivity contribution is -0.128. The number of hydrogen-bond acceptors (Lipinski definition) is 3. The summed E-state index contributed by atoms with van der Waals surface area (Å²) >= 11 is 0. The lowest BCUT2D eigenvalue weighted by Gasteiger charge is -2.10. The molecule has 0 atom stereocenters. The van der Waals surface area contributed by atoms with Gasteiger partial charge in [0.2, 0.25) is 11.8 Å². The number of likely N-dealkylation sites (N-methyl/N-ethyl adjacent to an activating group) is 1. The van der Waals surface area contributed by atoms with Gasteiger partial charge in [-0.1, -0.05) is 12.1 Å². The number of anilines is 1. The van der Waals surface area contributed by atoms with Gasteiger partial charge < -0.3 is 10.2 Å². The number of aromatic nitrogens is 2. The number of nitrogens with one attached hydrogen (secondary N) is 1. The summed E-state index contributed by atoms with van der Waals surface area (Å²) in [4.78, 5) is 25.6. The molecule has 0 saturated carbocycles. The normalized spacial score (nSPS) is 10.9. The number of benzene rings is 2. The second kappa shape index (κ2) is 9.17. The smallest absolute Gasteiger partial charge is 0.248 e. The molecule has 0 spiro atoms. The third kappa shape index (κ3) is 5.20. The molecule has 1 aromatic heterocycles. The van der Waals surface area contributed by atoms with Crippen molar-refractivity contribution in [3.05, 3.63) is 77.7 Å². The number of rotatable bonds is 6. The molecule has 0 aliphatic heterocycles. The van der Waals surface area contributed by atoms with Gasteiger partial charge in [-0.15, -0.1) is 0 Å². The average Bonchev–Trinajstić information content (AvgIpc) is 3.09. The van der Waals surface area contributed by atoms with Crippen molar-refractivity contribution in [1.82, 2.24) is 14.7 Å². The fourth-order valence-electron chi connectivity index (χ4n) is 2.93. The number of carbonyl (C=O) groups excluding carboxylic acids is 2. The van der Waals surface area contributed by atoms with Crippen LogP contribution in [0.5, 0.6) is 0 Å². The summed E-state index contributed by atoms with van der Waals surface area (Å²) in [6.45, 7) is 0. The molecular formula is C23H23FN4O2. The standard InChI is InChI=1S/C23H23FN4O2/c1-27(2)22(30)14-16-4-11-20(12-5-16)26-21(29)13-8-18-15-25-28(3)23(18)17-6-9-19(24)10-7-17/h4-13,15H,14H2,1-3H3,(H,26,29). The van der Waals surface area contributed by atoms with Crippen molar-refractivity contribution >= 4 is 23.6 Å². The van der Waals surface area contributed by atoms with Crippen LogP contribution in [0.2, 0.25) is 0 Å². The number of carbonyl (C=O) groups is 2. The number of nitrogens with zero attached hydrogens (tertiary/aromatic N) is 3. The van der Waals surface area contributed by atoms with Gasteiger partial charge in [-0.3, -0.25) is 14.3 Å². The maximum atomic E-state index is 13.2. The molecule has 0 unspecified atom stereocenters. The van der Waals surface area contributed by atoms with Gasteiger partial charge >= 0.3 is 0 Å². The first kappa shape index (κ1) is 21.0. The fourth-order valence-corrected chi connectivity index (χ4v) is 2.93. The number of halogens is 1. The van der Waals surface area contributed by atoms with Crippen LogP contribution >= 0.6 is 0 Å². The van der Waals surface area contributed by atoms with E-state index < -0.39 is 0 Å². The first-order valence-electron chi connectivity index (χ1n) is 9.39. The highest BCUT2D eigenvalue weighted by Gasteiger charge is 2.10. The van der Waals surface area contributed by atoms with Gasteiger partial charge in [0.05, 0.1) is 18.3 Å². The molecule has 2 amide bonds. The molecule has 0 fully saturated rings. The Bertz CT molecular complexity index is 1070. The summed E-state index contributed by atoms with van der Waals surface area (Å²) in [7, 11) is 5.22. The minimum absolute atomic E-state index is 0.0168. The molecule has 0 aliphatic carbocycles. The Labute approximate surface area is 174 Å². The molecule has 30 heavy (non-hydrogen) atoms. The van der Waals surface area contributed by atoms with Gasteiger partial charge in [-0.05, 0) is 48.0 Å². The van der Waals surface area contributed by atoms with Gasteiger partial charge in [0, 0.05) is 44.0 Å². The van der Waals surface area contributed by atoms with Crippen molar-refractivity contribution in [1.29, 1.82) is 0 Å². The van der Waals surface area contributed by atoms with Crippen LogP contribution in [-0.4, -0.2) is 40.6 Å². The zero-order chi connectivity index (χ0) is 21.7. The van der Waals surface area contributed by atoms with E-state index in [2.05, 4.69) is 10.4 Å². The molecule has 3 aromatic rings. The Morgan fingerprint density at radius 1 is 1.10 bits per heavy atom. The van der Waals surface area contributed by atoms with Crippen molar-refractivity contribution < 1.29 is 14.0 Å². The van der Waals surface area contributed by atoms with E-state index in [4.69, 9.17) is 0 Å². The number of hydrogen-bond donors (Lipinski definition) is 1. The molecule has 0 radical (unpaired) electrons. The molecule has 0 aliphatic rings. The van der Waals surface area contributed by atoms with Crippen LogP contribution in [0.1, 0.15) is 11.1 Å². The predicted molar refractivity (Wildman–Crippen MR) is 115 cm³/mol. The monoisotopic (exact) mass is 406 g/mol. The van der Waals surface area contributed by atoms with Crippen LogP contribution in [0.25, 0.3) is 17.3 Å². The highest BCUT2D eigenvalue weighted by Crippen LogP contribution is 2.24. The Kier molecular flexibility index (Phi) is 6.41. The van der Waals surface area contributed by atoms with E-state index in [1.165, 1.54) is 18.2 Å². The van der Waals surface area contributed by atoms with Gasteiger partial charge in [-0.25, -0.2) is 4.39 Å². The number of aryl methyl sites for hydroxylation is 1. The average molecular weight is 406 g/mol. The van der Waals surface area contributed by atoms with E-state index in [1.54, 1.807) is 67.3 Å². The SMILES string of the molecule is CN(C)C(=O)Cc1ccc(NC(=O)C=Cc2cnn(C)c2-c2ccc(F)cc2)cc1. The van der Waals surface area contributed by atoms with Crippen LogP contribution in [0.4, 0.5) is 10.1 Å². The Balaban J connectivity index is 1.67. The van der Waals surface area contributed by atoms with Crippen molar-refractivity contribution in [3.8, 4) is 11.3 Å². The van der Waals surface area contributed by atoms with E-state index in [1.807, 2.05) is 12.1 Å². The molecule has 2 aromatic carbocycles. The summed E-state index contributed by atoms with van der Waals surface area (Å²) in [5.41, 5.74) is 3.85. The van der Waals surface area contributed by atoms with E-state index in [0.29, 0.717) is 12.1 Å². The topological polar surface area (TPSA) is 67.2 Å². The predicted octanol–water partition coefficient (Wildman–Crippen LogP) is 3.51. The largest absolute Gasteiger partial charge is 0.349 e. The second-order valence-electron chi connectivity index (χ2n) is 7.06. The molecular weight excluding hydrogens is 383 g/mol. The lowest BCUT2D eigenvalue weighted by atomic mass is 10.1.